The lowest BCUT2D eigenvalue weighted by Gasteiger charge is -1.82. The first kappa shape index (κ1) is 6.47. The van der Waals surface area contributed by atoms with Gasteiger partial charge in [0.05, 0.1) is 0 Å². The summed E-state index contributed by atoms with van der Waals surface area (Å²) in [4.78, 5) is 16.2. The highest BCUT2D eigenvalue weighted by atomic mass is 16.3. The molecule has 0 bridgehead atoms. The summed E-state index contributed by atoms with van der Waals surface area (Å²) in [6.45, 7) is 0. The second-order valence-electron chi connectivity index (χ2n) is 2.52. The maximum atomic E-state index is 5.31. The van der Waals surface area contributed by atoms with E-state index in [0.29, 0.717) is 22.5 Å². The van der Waals surface area contributed by atoms with Gasteiger partial charge in [-0.2, -0.15) is 0 Å². The highest BCUT2D eigenvalue weighted by Gasteiger charge is 2.09. The first-order chi connectivity index (χ1) is 6.45. The monoisotopic (exact) mass is 172 g/mol. The van der Waals surface area contributed by atoms with E-state index in [1.807, 2.05) is 0 Å². The molecule has 0 spiro atoms. The molecule has 62 valence electrons. The van der Waals surface area contributed by atoms with Gasteiger partial charge in [-0.05, 0) is 0 Å². The van der Waals surface area contributed by atoms with Crippen LogP contribution in [0.3, 0.4) is 0 Å². The number of fused-ring (bicyclic) bond motifs is 3. The fourth-order valence-corrected chi connectivity index (χ4v) is 1.22. The predicted octanol–water partition coefficient (Wildman–Crippen LogP) is 1.17. The molecule has 0 aliphatic heterocycles. The molecule has 0 atom stereocenters. The van der Waals surface area contributed by atoms with Crippen molar-refractivity contribution in [1.29, 1.82) is 0 Å². The quantitative estimate of drug-likeness (QED) is 0.509. The third kappa shape index (κ3) is 0.807. The lowest BCUT2D eigenvalue weighted by molar-refractivity contribution is 0.638. The molecule has 3 aromatic heterocycles. The summed E-state index contributed by atoms with van der Waals surface area (Å²) in [6.07, 6.45) is 6.35. The molecule has 5 nitrogen and oxygen atoms in total. The second kappa shape index (κ2) is 2.22. The zero-order chi connectivity index (χ0) is 8.67. The highest BCUT2D eigenvalue weighted by Crippen LogP contribution is 2.20. The van der Waals surface area contributed by atoms with Crippen LogP contribution in [0.4, 0.5) is 0 Å². The van der Waals surface area contributed by atoms with E-state index in [1.165, 1.54) is 0 Å². The van der Waals surface area contributed by atoms with E-state index < -0.39 is 0 Å². The van der Waals surface area contributed by atoms with E-state index in [-0.39, 0.29) is 0 Å². The van der Waals surface area contributed by atoms with Crippen molar-refractivity contribution in [3.63, 3.8) is 0 Å². The summed E-state index contributed by atoms with van der Waals surface area (Å²) >= 11 is 0. The van der Waals surface area contributed by atoms with Crippen LogP contribution in [-0.2, 0) is 0 Å². The van der Waals surface area contributed by atoms with Gasteiger partial charge in [-0.3, -0.25) is 0 Å². The van der Waals surface area contributed by atoms with Crippen molar-refractivity contribution in [3.05, 3.63) is 24.8 Å². The molecule has 3 rings (SSSR count). The third-order valence-electron chi connectivity index (χ3n) is 1.75. The van der Waals surface area contributed by atoms with Crippen LogP contribution in [0.5, 0.6) is 0 Å². The fraction of sp³-hybridized carbons (Fsp3) is 0. The molecule has 0 N–H and O–H groups in total. The van der Waals surface area contributed by atoms with Crippen LogP contribution in [0.25, 0.3) is 22.5 Å². The Kier molecular flexibility index (Phi) is 1.11. The van der Waals surface area contributed by atoms with Crippen molar-refractivity contribution in [1.82, 2.24) is 19.9 Å². The van der Waals surface area contributed by atoms with Gasteiger partial charge in [0.25, 0.3) is 0 Å². The van der Waals surface area contributed by atoms with Crippen molar-refractivity contribution in [2.45, 2.75) is 0 Å². The minimum atomic E-state index is 0.476. The molecule has 3 aromatic rings. The summed E-state index contributed by atoms with van der Waals surface area (Å²) in [5.41, 5.74) is 2.27. The molecule has 0 amide bonds. The maximum Gasteiger partial charge on any atom is 0.249 e. The fourth-order valence-electron chi connectivity index (χ4n) is 1.22. The molecule has 0 aliphatic carbocycles. The van der Waals surface area contributed by atoms with Crippen LogP contribution in [-0.4, -0.2) is 19.9 Å². The molecule has 0 saturated heterocycles. The average Bonchev–Trinajstić information content (AvgIpc) is 2.56. The largest absolute Gasteiger partial charge is 0.416 e. The van der Waals surface area contributed by atoms with E-state index in [2.05, 4.69) is 19.9 Å². The number of furan rings is 1. The average molecular weight is 172 g/mol. The molecular weight excluding hydrogens is 168 g/mol. The Balaban J connectivity index is 2.64. The molecule has 13 heavy (non-hydrogen) atoms. The van der Waals surface area contributed by atoms with Gasteiger partial charge in [0, 0.05) is 24.8 Å². The smallest absolute Gasteiger partial charge is 0.249 e. The van der Waals surface area contributed by atoms with Gasteiger partial charge in [0.15, 0.2) is 11.0 Å². The van der Waals surface area contributed by atoms with Crippen molar-refractivity contribution < 1.29 is 4.42 Å². The Morgan fingerprint density at radius 1 is 0.692 bits per heavy atom. The zero-order valence-corrected chi connectivity index (χ0v) is 6.51. The van der Waals surface area contributed by atoms with Crippen molar-refractivity contribution >= 4 is 22.5 Å². The van der Waals surface area contributed by atoms with Gasteiger partial charge in [-0.15, -0.1) is 0 Å². The zero-order valence-electron chi connectivity index (χ0n) is 6.51. The lowest BCUT2D eigenvalue weighted by Crippen LogP contribution is -1.78. The standard InChI is InChI=1S/C8H4N4O/c1-3-11-7-5(9-1)6-8(13-7)12-4-2-10-6/h1-4H. The van der Waals surface area contributed by atoms with Gasteiger partial charge in [-0.25, -0.2) is 19.9 Å². The molecule has 0 aliphatic rings. The summed E-state index contributed by atoms with van der Waals surface area (Å²) in [6, 6.07) is 0. The SMILES string of the molecule is c1cnc2c(n1)oc1nccnc12. The Bertz CT molecular complexity index is 524. The molecule has 0 saturated carbocycles. The first-order valence-corrected chi connectivity index (χ1v) is 3.75. The molecule has 0 fully saturated rings. The third-order valence-corrected chi connectivity index (χ3v) is 1.75. The van der Waals surface area contributed by atoms with E-state index in [4.69, 9.17) is 4.42 Å². The van der Waals surface area contributed by atoms with Crippen LogP contribution in [0.15, 0.2) is 29.2 Å². The van der Waals surface area contributed by atoms with Crippen LogP contribution in [0.2, 0.25) is 0 Å². The summed E-state index contributed by atoms with van der Waals surface area (Å²) in [7, 11) is 0. The van der Waals surface area contributed by atoms with Crippen molar-refractivity contribution in [2.24, 2.45) is 0 Å². The van der Waals surface area contributed by atoms with E-state index in [9.17, 15) is 0 Å². The minimum absolute atomic E-state index is 0.476. The van der Waals surface area contributed by atoms with Crippen molar-refractivity contribution in [3.8, 4) is 0 Å². The van der Waals surface area contributed by atoms with Crippen LogP contribution in [0, 0.1) is 0 Å². The van der Waals surface area contributed by atoms with E-state index >= 15 is 0 Å². The molecule has 3 heterocycles. The predicted molar refractivity (Wildman–Crippen MR) is 44.9 cm³/mol. The highest BCUT2D eigenvalue weighted by molar-refractivity contribution is 5.95. The van der Waals surface area contributed by atoms with Gasteiger partial charge in [0.2, 0.25) is 11.4 Å². The molecule has 0 aromatic carbocycles. The van der Waals surface area contributed by atoms with Crippen molar-refractivity contribution in [2.75, 3.05) is 0 Å². The van der Waals surface area contributed by atoms with E-state index in [1.54, 1.807) is 24.8 Å². The van der Waals surface area contributed by atoms with E-state index in [0.717, 1.165) is 0 Å². The lowest BCUT2D eigenvalue weighted by atomic mass is 10.4. The molecule has 5 heteroatoms. The Hall–Kier alpha value is -2.04. The van der Waals surface area contributed by atoms with Gasteiger partial charge in [-0.1, -0.05) is 0 Å². The number of hydrogen-bond donors (Lipinski definition) is 0. The van der Waals surface area contributed by atoms with Crippen LogP contribution < -0.4 is 0 Å². The van der Waals surface area contributed by atoms with Gasteiger partial charge < -0.3 is 4.42 Å². The summed E-state index contributed by atoms with van der Waals surface area (Å²) in [5.74, 6) is 0. The summed E-state index contributed by atoms with van der Waals surface area (Å²) in [5, 5.41) is 0. The van der Waals surface area contributed by atoms with Crippen LogP contribution >= 0.6 is 0 Å². The molecular formula is C8H4N4O. The Labute approximate surface area is 72.5 Å². The first-order valence-electron chi connectivity index (χ1n) is 3.75. The minimum Gasteiger partial charge on any atom is -0.416 e. The van der Waals surface area contributed by atoms with Gasteiger partial charge >= 0.3 is 0 Å². The Morgan fingerprint density at radius 3 is 1.69 bits per heavy atom. The number of rotatable bonds is 0. The number of nitrogens with zero attached hydrogens (tertiary/aromatic N) is 4. The maximum absolute atomic E-state index is 5.31. The number of aromatic nitrogens is 4. The van der Waals surface area contributed by atoms with Gasteiger partial charge in [0.1, 0.15) is 0 Å². The van der Waals surface area contributed by atoms with Crippen LogP contribution in [0.1, 0.15) is 0 Å². The summed E-state index contributed by atoms with van der Waals surface area (Å²) < 4.78 is 5.31. The molecule has 0 unspecified atom stereocenters. The topological polar surface area (TPSA) is 64.7 Å². The normalized spacial score (nSPS) is 11.1. The molecule has 0 radical (unpaired) electrons. The number of hydrogen-bond acceptors (Lipinski definition) is 5. The Morgan fingerprint density at radius 2 is 1.15 bits per heavy atom. The second-order valence-corrected chi connectivity index (χ2v) is 2.52.